The first-order chi connectivity index (χ1) is 12.8. The minimum Gasteiger partial charge on any atom is -0.332 e. The highest BCUT2D eigenvalue weighted by Crippen LogP contribution is 2.22. The SMILES string of the molecule is Cc1ccc(-n2nc3cc(C)c(NC(=S)NC(=O)CC(C)C)cc3n2)cc1. The van der Waals surface area contributed by atoms with Gasteiger partial charge in [-0.25, -0.2) is 0 Å². The van der Waals surface area contributed by atoms with Crippen molar-refractivity contribution in [1.82, 2.24) is 20.3 Å². The van der Waals surface area contributed by atoms with Gasteiger partial charge in [-0.05, 0) is 61.8 Å². The van der Waals surface area contributed by atoms with Crippen LogP contribution in [0.15, 0.2) is 36.4 Å². The highest BCUT2D eigenvalue weighted by Gasteiger charge is 2.11. The van der Waals surface area contributed by atoms with Crippen molar-refractivity contribution in [2.45, 2.75) is 34.1 Å². The second kappa shape index (κ2) is 7.84. The standard InChI is InChI=1S/C20H23N5OS/c1-12(2)9-19(26)22-20(27)21-16-11-18-17(10-14(16)4)23-25(24-18)15-7-5-13(3)6-8-15/h5-8,10-12H,9H2,1-4H3,(H2,21,22,26,27). The fourth-order valence-corrected chi connectivity index (χ4v) is 2.92. The van der Waals surface area contributed by atoms with Crippen LogP contribution in [0.4, 0.5) is 5.69 Å². The molecule has 0 radical (unpaired) electrons. The molecule has 6 nitrogen and oxygen atoms in total. The van der Waals surface area contributed by atoms with Gasteiger partial charge in [0, 0.05) is 12.1 Å². The number of thiocarbonyl (C=S) groups is 1. The lowest BCUT2D eigenvalue weighted by Gasteiger charge is -2.12. The molecular formula is C20H23N5OS. The quantitative estimate of drug-likeness (QED) is 0.671. The zero-order chi connectivity index (χ0) is 19.6. The summed E-state index contributed by atoms with van der Waals surface area (Å²) in [6.07, 6.45) is 0.435. The monoisotopic (exact) mass is 381 g/mol. The fraction of sp³-hybridized carbons (Fsp3) is 0.300. The Bertz CT molecular complexity index is 992. The van der Waals surface area contributed by atoms with E-state index >= 15 is 0 Å². The number of aromatic nitrogens is 3. The molecular weight excluding hydrogens is 358 g/mol. The van der Waals surface area contributed by atoms with Gasteiger partial charge >= 0.3 is 0 Å². The lowest BCUT2D eigenvalue weighted by molar-refractivity contribution is -0.120. The molecule has 1 amide bonds. The number of hydrogen-bond acceptors (Lipinski definition) is 4. The Hall–Kier alpha value is -2.80. The van der Waals surface area contributed by atoms with Gasteiger partial charge in [0.25, 0.3) is 0 Å². The molecule has 0 aliphatic heterocycles. The van der Waals surface area contributed by atoms with Crippen LogP contribution in [0.5, 0.6) is 0 Å². The van der Waals surface area contributed by atoms with Crippen molar-refractivity contribution in [2.75, 3.05) is 5.32 Å². The average molecular weight is 382 g/mol. The predicted octanol–water partition coefficient (Wildman–Crippen LogP) is 3.90. The van der Waals surface area contributed by atoms with Crippen LogP contribution in [0, 0.1) is 19.8 Å². The topological polar surface area (TPSA) is 71.8 Å². The summed E-state index contributed by atoms with van der Waals surface area (Å²) in [6, 6.07) is 11.9. The van der Waals surface area contributed by atoms with Gasteiger partial charge in [0.05, 0.1) is 5.69 Å². The molecule has 0 unspecified atom stereocenters. The maximum atomic E-state index is 11.9. The van der Waals surface area contributed by atoms with Crippen molar-refractivity contribution in [3.05, 3.63) is 47.5 Å². The lowest BCUT2D eigenvalue weighted by Crippen LogP contribution is -2.34. The number of nitrogens with one attached hydrogen (secondary N) is 2. The fourth-order valence-electron chi connectivity index (χ4n) is 2.70. The average Bonchev–Trinajstić information content (AvgIpc) is 2.97. The van der Waals surface area contributed by atoms with Crippen LogP contribution < -0.4 is 10.6 Å². The van der Waals surface area contributed by atoms with E-state index in [1.54, 1.807) is 4.80 Å². The Morgan fingerprint density at radius 2 is 1.74 bits per heavy atom. The van der Waals surface area contributed by atoms with Gasteiger partial charge in [-0.3, -0.25) is 4.79 Å². The molecule has 0 saturated carbocycles. The van der Waals surface area contributed by atoms with E-state index in [9.17, 15) is 4.79 Å². The highest BCUT2D eigenvalue weighted by molar-refractivity contribution is 7.80. The third-order valence-electron chi connectivity index (χ3n) is 4.09. The smallest absolute Gasteiger partial charge is 0.226 e. The third kappa shape index (κ3) is 4.68. The number of hydrogen-bond donors (Lipinski definition) is 2. The van der Waals surface area contributed by atoms with Crippen LogP contribution >= 0.6 is 12.2 Å². The maximum Gasteiger partial charge on any atom is 0.226 e. The molecule has 2 N–H and O–H groups in total. The van der Waals surface area contributed by atoms with Gasteiger partial charge in [0.1, 0.15) is 11.0 Å². The first-order valence-corrected chi connectivity index (χ1v) is 9.28. The largest absolute Gasteiger partial charge is 0.332 e. The second-order valence-electron chi connectivity index (χ2n) is 7.08. The van der Waals surface area contributed by atoms with Crippen molar-refractivity contribution in [2.24, 2.45) is 5.92 Å². The number of benzene rings is 2. The molecule has 0 fully saturated rings. The van der Waals surface area contributed by atoms with Crippen molar-refractivity contribution in [1.29, 1.82) is 0 Å². The molecule has 3 aromatic rings. The van der Waals surface area contributed by atoms with Gasteiger partial charge in [-0.15, -0.1) is 10.2 Å². The molecule has 2 aromatic carbocycles. The van der Waals surface area contributed by atoms with E-state index in [-0.39, 0.29) is 16.9 Å². The summed E-state index contributed by atoms with van der Waals surface area (Å²) in [4.78, 5) is 13.5. The predicted molar refractivity (Wildman–Crippen MR) is 112 cm³/mol. The summed E-state index contributed by atoms with van der Waals surface area (Å²) < 4.78 is 0. The Labute approximate surface area is 164 Å². The van der Waals surface area contributed by atoms with E-state index in [2.05, 4.69) is 20.8 Å². The van der Waals surface area contributed by atoms with Gasteiger partial charge in [0.2, 0.25) is 5.91 Å². The summed E-state index contributed by atoms with van der Waals surface area (Å²) in [5.74, 6) is 0.189. The number of anilines is 1. The molecule has 0 atom stereocenters. The Morgan fingerprint density at radius 3 is 2.37 bits per heavy atom. The highest BCUT2D eigenvalue weighted by atomic mass is 32.1. The van der Waals surface area contributed by atoms with Gasteiger partial charge < -0.3 is 10.6 Å². The number of carbonyl (C=O) groups excluding carboxylic acids is 1. The zero-order valence-corrected chi connectivity index (χ0v) is 16.7. The molecule has 3 rings (SSSR count). The molecule has 1 aromatic heterocycles. The van der Waals surface area contributed by atoms with Crippen molar-refractivity contribution in [3.63, 3.8) is 0 Å². The lowest BCUT2D eigenvalue weighted by atomic mass is 10.1. The molecule has 0 aliphatic rings. The van der Waals surface area contributed by atoms with Gasteiger partial charge in [-0.2, -0.15) is 4.80 Å². The van der Waals surface area contributed by atoms with Crippen LogP contribution in [-0.2, 0) is 4.79 Å². The van der Waals surface area contributed by atoms with Crippen LogP contribution in [0.25, 0.3) is 16.7 Å². The minimum absolute atomic E-state index is 0.0912. The number of fused-ring (bicyclic) bond motifs is 1. The normalized spacial score (nSPS) is 11.0. The van der Waals surface area contributed by atoms with Crippen LogP contribution in [0.3, 0.4) is 0 Å². The van der Waals surface area contributed by atoms with Crippen LogP contribution in [0.1, 0.15) is 31.4 Å². The molecule has 0 aliphatic carbocycles. The summed E-state index contributed by atoms with van der Waals surface area (Å²) >= 11 is 5.26. The number of rotatable bonds is 4. The second-order valence-corrected chi connectivity index (χ2v) is 7.49. The summed E-state index contributed by atoms with van der Waals surface area (Å²) in [5.41, 5.74) is 5.41. The zero-order valence-electron chi connectivity index (χ0n) is 15.9. The van der Waals surface area contributed by atoms with E-state index < -0.39 is 0 Å². The Morgan fingerprint density at radius 1 is 1.11 bits per heavy atom. The van der Waals surface area contributed by atoms with E-state index in [0.717, 1.165) is 28.0 Å². The Kier molecular flexibility index (Phi) is 5.51. The van der Waals surface area contributed by atoms with E-state index in [0.29, 0.717) is 6.42 Å². The number of aryl methyl sites for hydroxylation is 2. The molecule has 0 spiro atoms. The van der Waals surface area contributed by atoms with Crippen LogP contribution in [-0.4, -0.2) is 26.0 Å². The van der Waals surface area contributed by atoms with E-state index in [4.69, 9.17) is 12.2 Å². The number of nitrogens with zero attached hydrogens (tertiary/aromatic N) is 3. The minimum atomic E-state index is -0.0912. The van der Waals surface area contributed by atoms with Crippen molar-refractivity contribution >= 4 is 40.0 Å². The molecule has 27 heavy (non-hydrogen) atoms. The first kappa shape index (κ1) is 19.0. The van der Waals surface area contributed by atoms with Gasteiger partial charge in [-0.1, -0.05) is 31.5 Å². The molecule has 140 valence electrons. The summed E-state index contributed by atoms with van der Waals surface area (Å²) in [6.45, 7) is 7.99. The maximum absolute atomic E-state index is 11.9. The summed E-state index contributed by atoms with van der Waals surface area (Å²) in [5, 5.41) is 15.2. The van der Waals surface area contributed by atoms with Crippen molar-refractivity contribution < 1.29 is 4.79 Å². The van der Waals surface area contributed by atoms with Gasteiger partial charge in [0.15, 0.2) is 5.11 Å². The number of carbonyl (C=O) groups is 1. The van der Waals surface area contributed by atoms with E-state index in [1.165, 1.54) is 5.56 Å². The molecule has 1 heterocycles. The van der Waals surface area contributed by atoms with Crippen molar-refractivity contribution in [3.8, 4) is 5.69 Å². The summed E-state index contributed by atoms with van der Waals surface area (Å²) in [7, 11) is 0. The third-order valence-corrected chi connectivity index (χ3v) is 4.29. The Balaban J connectivity index is 1.80. The molecule has 7 heteroatoms. The van der Waals surface area contributed by atoms with E-state index in [1.807, 2.05) is 64.1 Å². The number of amides is 1. The molecule has 0 bridgehead atoms. The molecule has 0 saturated heterocycles. The van der Waals surface area contributed by atoms with Crippen LogP contribution in [0.2, 0.25) is 0 Å². The first-order valence-electron chi connectivity index (χ1n) is 8.87.